The van der Waals surface area contributed by atoms with Crippen molar-refractivity contribution in [2.45, 2.75) is 52.3 Å². The van der Waals surface area contributed by atoms with Crippen molar-refractivity contribution < 1.29 is 0 Å². The summed E-state index contributed by atoms with van der Waals surface area (Å²) in [6.07, 6.45) is 1.12. The van der Waals surface area contributed by atoms with E-state index in [0.29, 0.717) is 6.04 Å². The number of benzene rings is 1. The fraction of sp³-hybridized carbons (Fsp3) is 0.647. The average Bonchev–Trinajstić information content (AvgIpc) is 2.43. The lowest BCUT2D eigenvalue weighted by Crippen LogP contribution is -2.24. The van der Waals surface area contributed by atoms with Crippen molar-refractivity contribution in [2.75, 3.05) is 12.3 Å². The normalized spacial score (nSPS) is 14.6. The second-order valence-electron chi connectivity index (χ2n) is 5.49. The first-order valence-corrected chi connectivity index (χ1v) is 8.57. The summed E-state index contributed by atoms with van der Waals surface area (Å²) in [5.41, 5.74) is 2.84. The average molecular weight is 279 g/mol. The lowest BCUT2D eigenvalue weighted by molar-refractivity contribution is 0.598. The molecule has 1 nitrogen and oxygen atoms in total. The van der Waals surface area contributed by atoms with Crippen molar-refractivity contribution in [3.05, 3.63) is 35.4 Å². The molecule has 0 aliphatic heterocycles. The predicted molar refractivity (Wildman–Crippen MR) is 89.0 cm³/mol. The Kier molecular flexibility index (Phi) is 7.55. The molecule has 19 heavy (non-hydrogen) atoms. The fourth-order valence-electron chi connectivity index (χ4n) is 1.95. The van der Waals surface area contributed by atoms with E-state index in [4.69, 9.17) is 0 Å². The standard InChI is InChI=1S/C17H29NS/c1-6-15-8-10-16(11-9-15)17(18-7-2)12-19-14(5)13(3)4/h8-11,13-14,17-18H,6-7,12H2,1-5H3. The molecule has 0 amide bonds. The van der Waals surface area contributed by atoms with Crippen LogP contribution in [0, 0.1) is 5.92 Å². The van der Waals surface area contributed by atoms with Gasteiger partial charge in [-0.2, -0.15) is 11.8 Å². The van der Waals surface area contributed by atoms with E-state index in [9.17, 15) is 0 Å². The maximum absolute atomic E-state index is 3.61. The molecule has 0 heterocycles. The van der Waals surface area contributed by atoms with Crippen molar-refractivity contribution >= 4 is 11.8 Å². The van der Waals surface area contributed by atoms with Gasteiger partial charge in [-0.25, -0.2) is 0 Å². The van der Waals surface area contributed by atoms with E-state index in [1.54, 1.807) is 0 Å². The summed E-state index contributed by atoms with van der Waals surface area (Å²) >= 11 is 2.07. The van der Waals surface area contributed by atoms with Gasteiger partial charge < -0.3 is 5.32 Å². The quantitative estimate of drug-likeness (QED) is 0.741. The molecule has 0 aromatic heterocycles. The maximum atomic E-state index is 3.61. The molecule has 1 rings (SSSR count). The molecule has 0 aliphatic rings. The zero-order valence-electron chi connectivity index (χ0n) is 13.1. The Bertz CT molecular complexity index is 345. The first kappa shape index (κ1) is 16.6. The Hall–Kier alpha value is -0.470. The van der Waals surface area contributed by atoms with Crippen LogP contribution in [0.5, 0.6) is 0 Å². The largest absolute Gasteiger partial charge is 0.310 e. The van der Waals surface area contributed by atoms with Crippen LogP contribution in [0.1, 0.15) is 51.8 Å². The summed E-state index contributed by atoms with van der Waals surface area (Å²) in [5.74, 6) is 1.90. The molecule has 0 saturated carbocycles. The minimum absolute atomic E-state index is 0.474. The van der Waals surface area contributed by atoms with Crippen molar-refractivity contribution in [3.63, 3.8) is 0 Å². The van der Waals surface area contributed by atoms with Gasteiger partial charge in [0.15, 0.2) is 0 Å². The van der Waals surface area contributed by atoms with Gasteiger partial charge in [0.05, 0.1) is 0 Å². The minimum atomic E-state index is 0.474. The van der Waals surface area contributed by atoms with E-state index < -0.39 is 0 Å². The minimum Gasteiger partial charge on any atom is -0.310 e. The second-order valence-corrected chi connectivity index (χ2v) is 6.90. The molecule has 0 saturated heterocycles. The Balaban J connectivity index is 2.64. The summed E-state index contributed by atoms with van der Waals surface area (Å²) in [4.78, 5) is 0. The third-order valence-electron chi connectivity index (χ3n) is 3.71. The van der Waals surface area contributed by atoms with E-state index in [-0.39, 0.29) is 0 Å². The molecule has 2 heteroatoms. The molecular formula is C17H29NS. The second kappa shape index (κ2) is 8.65. The molecule has 1 N–H and O–H groups in total. The number of nitrogens with one attached hydrogen (secondary N) is 1. The first-order valence-electron chi connectivity index (χ1n) is 7.52. The van der Waals surface area contributed by atoms with Crippen LogP contribution in [-0.4, -0.2) is 17.5 Å². The van der Waals surface area contributed by atoms with Crippen molar-refractivity contribution in [3.8, 4) is 0 Å². The van der Waals surface area contributed by atoms with Gasteiger partial charge in [0.25, 0.3) is 0 Å². The van der Waals surface area contributed by atoms with Gasteiger partial charge in [-0.1, -0.05) is 58.9 Å². The molecule has 0 radical (unpaired) electrons. The van der Waals surface area contributed by atoms with E-state index in [1.165, 1.54) is 11.1 Å². The highest BCUT2D eigenvalue weighted by Gasteiger charge is 2.14. The summed E-state index contributed by atoms with van der Waals surface area (Å²) in [7, 11) is 0. The van der Waals surface area contributed by atoms with Gasteiger partial charge in [0.2, 0.25) is 0 Å². The highest BCUT2D eigenvalue weighted by molar-refractivity contribution is 7.99. The summed E-state index contributed by atoms with van der Waals surface area (Å²) < 4.78 is 0. The monoisotopic (exact) mass is 279 g/mol. The lowest BCUT2D eigenvalue weighted by atomic mass is 10.0. The van der Waals surface area contributed by atoms with E-state index >= 15 is 0 Å². The Labute approximate surface area is 123 Å². The van der Waals surface area contributed by atoms with Gasteiger partial charge >= 0.3 is 0 Å². The van der Waals surface area contributed by atoms with Gasteiger partial charge in [0, 0.05) is 17.0 Å². The zero-order chi connectivity index (χ0) is 14.3. The smallest absolute Gasteiger partial charge is 0.0411 e. The zero-order valence-corrected chi connectivity index (χ0v) is 13.9. The number of hydrogen-bond acceptors (Lipinski definition) is 2. The highest BCUT2D eigenvalue weighted by Crippen LogP contribution is 2.25. The summed E-state index contributed by atoms with van der Waals surface area (Å²) in [6.45, 7) is 12.3. The molecule has 108 valence electrons. The maximum Gasteiger partial charge on any atom is 0.0411 e. The van der Waals surface area contributed by atoms with Gasteiger partial charge in [0.1, 0.15) is 0 Å². The number of aryl methyl sites for hydroxylation is 1. The van der Waals surface area contributed by atoms with Gasteiger partial charge in [-0.3, -0.25) is 0 Å². The van der Waals surface area contributed by atoms with Crippen LogP contribution in [0.4, 0.5) is 0 Å². The van der Waals surface area contributed by atoms with Crippen LogP contribution in [0.2, 0.25) is 0 Å². The predicted octanol–water partition coefficient (Wildman–Crippen LogP) is 4.68. The number of hydrogen-bond donors (Lipinski definition) is 1. The van der Waals surface area contributed by atoms with Crippen LogP contribution in [-0.2, 0) is 6.42 Å². The van der Waals surface area contributed by atoms with E-state index in [1.807, 2.05) is 0 Å². The van der Waals surface area contributed by atoms with Crippen LogP contribution in [0.15, 0.2) is 24.3 Å². The highest BCUT2D eigenvalue weighted by atomic mass is 32.2. The molecule has 0 bridgehead atoms. The Morgan fingerprint density at radius 2 is 1.68 bits per heavy atom. The molecule has 2 atom stereocenters. The SMILES string of the molecule is CCNC(CSC(C)C(C)C)c1ccc(CC)cc1. The Morgan fingerprint density at radius 3 is 2.16 bits per heavy atom. The summed E-state index contributed by atoms with van der Waals surface area (Å²) in [5, 5.41) is 4.33. The Morgan fingerprint density at radius 1 is 1.05 bits per heavy atom. The van der Waals surface area contributed by atoms with Gasteiger partial charge in [-0.05, 0) is 30.0 Å². The van der Waals surface area contributed by atoms with Crippen LogP contribution in [0.3, 0.4) is 0 Å². The van der Waals surface area contributed by atoms with Crippen molar-refractivity contribution in [2.24, 2.45) is 5.92 Å². The number of rotatable bonds is 8. The topological polar surface area (TPSA) is 12.0 Å². The van der Waals surface area contributed by atoms with E-state index in [2.05, 4.69) is 76.0 Å². The molecule has 0 fully saturated rings. The van der Waals surface area contributed by atoms with Crippen LogP contribution >= 0.6 is 11.8 Å². The third-order valence-corrected chi connectivity index (χ3v) is 5.30. The fourth-order valence-corrected chi connectivity index (χ4v) is 3.14. The summed E-state index contributed by atoms with van der Waals surface area (Å²) in [6, 6.07) is 9.56. The molecule has 1 aromatic rings. The van der Waals surface area contributed by atoms with Crippen molar-refractivity contribution in [1.29, 1.82) is 0 Å². The van der Waals surface area contributed by atoms with Crippen LogP contribution < -0.4 is 5.32 Å². The molecular weight excluding hydrogens is 250 g/mol. The molecule has 2 unspecified atom stereocenters. The van der Waals surface area contributed by atoms with E-state index in [0.717, 1.165) is 29.9 Å². The van der Waals surface area contributed by atoms with Crippen molar-refractivity contribution in [1.82, 2.24) is 5.32 Å². The first-order chi connectivity index (χ1) is 9.08. The third kappa shape index (κ3) is 5.58. The molecule has 0 spiro atoms. The van der Waals surface area contributed by atoms with Crippen LogP contribution in [0.25, 0.3) is 0 Å². The number of thioether (sulfide) groups is 1. The molecule has 0 aliphatic carbocycles. The molecule has 1 aromatic carbocycles. The lowest BCUT2D eigenvalue weighted by Gasteiger charge is -2.22. The van der Waals surface area contributed by atoms with Gasteiger partial charge in [-0.15, -0.1) is 0 Å².